The van der Waals surface area contributed by atoms with Crippen molar-refractivity contribution in [3.8, 4) is 16.9 Å². The van der Waals surface area contributed by atoms with E-state index in [1.165, 1.54) is 17.7 Å². The number of nitrogens with one attached hydrogen (secondary N) is 1. The minimum Gasteiger partial charge on any atom is -0.493 e. The van der Waals surface area contributed by atoms with Gasteiger partial charge in [-0.05, 0) is 67.3 Å². The van der Waals surface area contributed by atoms with Gasteiger partial charge in [0.05, 0.1) is 11.5 Å². The summed E-state index contributed by atoms with van der Waals surface area (Å²) in [5.41, 5.74) is 3.69. The highest BCUT2D eigenvalue weighted by atomic mass is 32.2. The summed E-state index contributed by atoms with van der Waals surface area (Å²) < 4.78 is 29.5. The van der Waals surface area contributed by atoms with E-state index >= 15 is 0 Å². The van der Waals surface area contributed by atoms with Crippen LogP contribution < -0.4 is 10.1 Å². The Morgan fingerprint density at radius 3 is 2.51 bits per heavy atom. The maximum absolute atomic E-state index is 12.7. The van der Waals surface area contributed by atoms with Crippen LogP contribution in [0.4, 0.5) is 0 Å². The van der Waals surface area contributed by atoms with E-state index < -0.39 is 9.84 Å². The Bertz CT molecular complexity index is 1270. The second-order valence-corrected chi connectivity index (χ2v) is 10.8. The van der Waals surface area contributed by atoms with Gasteiger partial charge in [0.2, 0.25) is 0 Å². The highest BCUT2D eigenvalue weighted by Crippen LogP contribution is 2.31. The van der Waals surface area contributed by atoms with Crippen LogP contribution in [0.2, 0.25) is 0 Å². The van der Waals surface area contributed by atoms with Crippen LogP contribution in [0.1, 0.15) is 35.7 Å². The maximum atomic E-state index is 12.7. The predicted octanol–water partition coefficient (Wildman–Crippen LogP) is 3.95. The van der Waals surface area contributed by atoms with Crippen molar-refractivity contribution in [2.24, 2.45) is 0 Å². The van der Waals surface area contributed by atoms with Gasteiger partial charge in [-0.3, -0.25) is 14.7 Å². The van der Waals surface area contributed by atoms with Crippen molar-refractivity contribution in [1.29, 1.82) is 0 Å². The smallest absolute Gasteiger partial charge is 0.251 e. The van der Waals surface area contributed by atoms with E-state index in [4.69, 9.17) is 4.74 Å². The number of benzene rings is 2. The third-order valence-electron chi connectivity index (χ3n) is 6.19. The van der Waals surface area contributed by atoms with Gasteiger partial charge in [0.25, 0.3) is 5.91 Å². The SMILES string of the molecule is CCOc1cc(CN2CCC(NC(=O)c3cccc(S(C)(=O)=O)c3)CC2)ccc1-c1ccncc1. The molecule has 2 aromatic carbocycles. The molecule has 7 nitrogen and oxygen atoms in total. The monoisotopic (exact) mass is 493 g/mol. The molecule has 0 saturated carbocycles. The van der Waals surface area contributed by atoms with Gasteiger partial charge in [-0.15, -0.1) is 0 Å². The minimum atomic E-state index is -3.35. The molecule has 1 aliphatic rings. The molecule has 2 heterocycles. The molecule has 1 saturated heterocycles. The van der Waals surface area contributed by atoms with Crippen LogP contribution in [0.3, 0.4) is 0 Å². The quantitative estimate of drug-likeness (QED) is 0.511. The topological polar surface area (TPSA) is 88.6 Å². The first-order chi connectivity index (χ1) is 16.8. The second-order valence-electron chi connectivity index (χ2n) is 8.82. The number of carbonyl (C=O) groups is 1. The largest absolute Gasteiger partial charge is 0.493 e. The number of rotatable bonds is 8. The van der Waals surface area contributed by atoms with E-state index in [2.05, 4.69) is 33.4 Å². The Kier molecular flexibility index (Phi) is 7.83. The number of sulfone groups is 1. The molecule has 184 valence electrons. The lowest BCUT2D eigenvalue weighted by Crippen LogP contribution is -2.44. The number of pyridine rings is 1. The lowest BCUT2D eigenvalue weighted by atomic mass is 10.0. The summed E-state index contributed by atoms with van der Waals surface area (Å²) in [6.07, 6.45) is 6.38. The van der Waals surface area contributed by atoms with Crippen LogP contribution >= 0.6 is 0 Å². The van der Waals surface area contributed by atoms with Crippen molar-refractivity contribution in [2.45, 2.75) is 37.2 Å². The van der Waals surface area contributed by atoms with Crippen molar-refractivity contribution in [1.82, 2.24) is 15.2 Å². The molecule has 1 amide bonds. The first kappa shape index (κ1) is 24.9. The molecule has 35 heavy (non-hydrogen) atoms. The summed E-state index contributed by atoms with van der Waals surface area (Å²) in [4.78, 5) is 19.3. The summed E-state index contributed by atoms with van der Waals surface area (Å²) in [6.45, 7) is 5.13. The third-order valence-corrected chi connectivity index (χ3v) is 7.30. The third kappa shape index (κ3) is 6.46. The van der Waals surface area contributed by atoms with Gasteiger partial charge >= 0.3 is 0 Å². The lowest BCUT2D eigenvalue weighted by molar-refractivity contribution is 0.0908. The first-order valence-corrected chi connectivity index (χ1v) is 13.7. The Morgan fingerprint density at radius 2 is 1.83 bits per heavy atom. The fourth-order valence-electron chi connectivity index (χ4n) is 4.34. The number of nitrogens with zero attached hydrogens (tertiary/aromatic N) is 2. The number of hydrogen-bond donors (Lipinski definition) is 1. The molecule has 0 radical (unpaired) electrons. The molecular weight excluding hydrogens is 462 g/mol. The zero-order valence-electron chi connectivity index (χ0n) is 20.1. The number of ether oxygens (including phenoxy) is 1. The molecule has 4 rings (SSSR count). The number of aromatic nitrogens is 1. The highest BCUT2D eigenvalue weighted by molar-refractivity contribution is 7.90. The van der Waals surface area contributed by atoms with Crippen molar-refractivity contribution < 1.29 is 17.9 Å². The standard InChI is InChI=1S/C27H31N3O4S/c1-3-34-26-17-20(7-8-25(26)21-9-13-28-14-10-21)19-30-15-11-23(12-16-30)29-27(31)22-5-4-6-24(18-22)35(2,32)33/h4-10,13-14,17-18,23H,3,11-12,15-16,19H2,1-2H3,(H,29,31). The average molecular weight is 494 g/mol. The van der Waals surface area contributed by atoms with Crippen LogP contribution in [0.5, 0.6) is 5.75 Å². The zero-order chi connectivity index (χ0) is 24.8. The van der Waals surface area contributed by atoms with Crippen molar-refractivity contribution in [2.75, 3.05) is 26.0 Å². The van der Waals surface area contributed by atoms with Crippen LogP contribution in [-0.4, -0.2) is 56.2 Å². The fourth-order valence-corrected chi connectivity index (χ4v) is 5.01. The number of carbonyl (C=O) groups excluding carboxylic acids is 1. The first-order valence-electron chi connectivity index (χ1n) is 11.8. The molecule has 8 heteroatoms. The number of piperidine rings is 1. The van der Waals surface area contributed by atoms with Gasteiger partial charge < -0.3 is 10.1 Å². The highest BCUT2D eigenvalue weighted by Gasteiger charge is 2.22. The van der Waals surface area contributed by atoms with Crippen LogP contribution in [0.25, 0.3) is 11.1 Å². The van der Waals surface area contributed by atoms with Gasteiger partial charge in [-0.25, -0.2) is 8.42 Å². The van der Waals surface area contributed by atoms with Crippen molar-refractivity contribution in [3.05, 3.63) is 78.1 Å². The van der Waals surface area contributed by atoms with Gasteiger partial charge in [0, 0.05) is 55.5 Å². The molecule has 1 aliphatic heterocycles. The summed E-state index contributed by atoms with van der Waals surface area (Å²) in [5.74, 6) is 0.636. The fraction of sp³-hybridized carbons (Fsp3) is 0.333. The minimum absolute atomic E-state index is 0.0636. The summed E-state index contributed by atoms with van der Waals surface area (Å²) in [7, 11) is -3.35. The van der Waals surface area contributed by atoms with E-state index in [-0.39, 0.29) is 16.8 Å². The van der Waals surface area contributed by atoms with E-state index in [1.54, 1.807) is 24.5 Å². The van der Waals surface area contributed by atoms with Crippen molar-refractivity contribution in [3.63, 3.8) is 0 Å². The average Bonchev–Trinajstić information content (AvgIpc) is 2.86. The Labute approximate surface area is 207 Å². The van der Waals surface area contributed by atoms with E-state index in [9.17, 15) is 13.2 Å². The van der Waals surface area contributed by atoms with E-state index in [1.807, 2.05) is 19.1 Å². The number of amides is 1. The van der Waals surface area contributed by atoms with Crippen LogP contribution in [0.15, 0.2) is 71.9 Å². The molecule has 1 N–H and O–H groups in total. The molecular formula is C27H31N3O4S. The van der Waals surface area contributed by atoms with Gasteiger partial charge in [-0.1, -0.05) is 18.2 Å². The summed E-state index contributed by atoms with van der Waals surface area (Å²) in [6, 6.07) is 16.6. The van der Waals surface area contributed by atoms with Crippen molar-refractivity contribution >= 4 is 15.7 Å². The molecule has 1 fully saturated rings. The second kappa shape index (κ2) is 11.0. The normalized spacial score (nSPS) is 15.0. The van der Waals surface area contributed by atoms with Crippen LogP contribution in [-0.2, 0) is 16.4 Å². The number of hydrogen-bond acceptors (Lipinski definition) is 6. The van der Waals surface area contributed by atoms with Gasteiger partial charge in [0.15, 0.2) is 9.84 Å². The van der Waals surface area contributed by atoms with Gasteiger partial charge in [-0.2, -0.15) is 0 Å². The summed E-state index contributed by atoms with van der Waals surface area (Å²) in [5, 5.41) is 3.06. The molecule has 3 aromatic rings. The lowest BCUT2D eigenvalue weighted by Gasteiger charge is -2.32. The van der Waals surface area contributed by atoms with E-state index in [0.717, 1.165) is 55.6 Å². The molecule has 0 bridgehead atoms. The molecule has 0 atom stereocenters. The van der Waals surface area contributed by atoms with E-state index in [0.29, 0.717) is 12.2 Å². The Balaban J connectivity index is 1.35. The Hall–Kier alpha value is -3.23. The van der Waals surface area contributed by atoms with Gasteiger partial charge in [0.1, 0.15) is 5.75 Å². The number of likely N-dealkylation sites (tertiary alicyclic amines) is 1. The zero-order valence-corrected chi connectivity index (χ0v) is 20.9. The molecule has 0 aliphatic carbocycles. The predicted molar refractivity (Wildman–Crippen MR) is 136 cm³/mol. The van der Waals surface area contributed by atoms with Crippen LogP contribution in [0, 0.1) is 0 Å². The summed E-state index contributed by atoms with van der Waals surface area (Å²) >= 11 is 0. The molecule has 0 unspecified atom stereocenters. The Morgan fingerprint density at radius 1 is 1.09 bits per heavy atom. The molecule has 0 spiro atoms. The molecule has 1 aromatic heterocycles. The maximum Gasteiger partial charge on any atom is 0.251 e.